The zero-order valence-corrected chi connectivity index (χ0v) is 18.6. The van der Waals surface area contributed by atoms with Crippen molar-refractivity contribution in [2.75, 3.05) is 59.4 Å². The molecule has 0 bridgehead atoms. The SMILES string of the molecule is CN1CCN(CCCNC(=O)c2ccc(Cl)c(S(=O)(=O)N3CCCCC3)c2)CC1. The van der Waals surface area contributed by atoms with E-state index in [1.54, 1.807) is 6.07 Å². The third-order valence-corrected chi connectivity index (χ3v) is 8.04. The number of piperidine rings is 1. The van der Waals surface area contributed by atoms with Gasteiger partial charge >= 0.3 is 0 Å². The summed E-state index contributed by atoms with van der Waals surface area (Å²) in [5.41, 5.74) is 0.324. The maximum absolute atomic E-state index is 12.9. The van der Waals surface area contributed by atoms with E-state index in [-0.39, 0.29) is 15.8 Å². The molecule has 1 N–H and O–H groups in total. The molecule has 0 saturated carbocycles. The van der Waals surface area contributed by atoms with Gasteiger partial charge < -0.3 is 15.1 Å². The maximum Gasteiger partial charge on any atom is 0.251 e. The van der Waals surface area contributed by atoms with Crippen LogP contribution in [0.25, 0.3) is 0 Å². The fraction of sp³-hybridized carbons (Fsp3) is 0.650. The van der Waals surface area contributed by atoms with Crippen LogP contribution in [-0.4, -0.2) is 87.8 Å². The molecular weight excluding hydrogens is 412 g/mol. The summed E-state index contributed by atoms with van der Waals surface area (Å²) in [5, 5.41) is 3.05. The van der Waals surface area contributed by atoms with Gasteiger partial charge in [-0.25, -0.2) is 8.42 Å². The average molecular weight is 443 g/mol. The van der Waals surface area contributed by atoms with E-state index in [9.17, 15) is 13.2 Å². The van der Waals surface area contributed by atoms with Crippen molar-refractivity contribution >= 4 is 27.5 Å². The van der Waals surface area contributed by atoms with Crippen molar-refractivity contribution in [3.63, 3.8) is 0 Å². The number of sulfonamides is 1. The first-order valence-corrected chi connectivity index (χ1v) is 12.2. The van der Waals surface area contributed by atoms with Gasteiger partial charge in [-0.05, 0) is 51.1 Å². The van der Waals surface area contributed by atoms with Gasteiger partial charge in [0.05, 0.1) is 5.02 Å². The Morgan fingerprint density at radius 2 is 1.76 bits per heavy atom. The minimum Gasteiger partial charge on any atom is -0.352 e. The number of carbonyl (C=O) groups is 1. The lowest BCUT2D eigenvalue weighted by molar-refractivity contribution is 0.0949. The lowest BCUT2D eigenvalue weighted by atomic mass is 10.2. The molecule has 0 aromatic heterocycles. The summed E-state index contributed by atoms with van der Waals surface area (Å²) in [7, 11) is -1.55. The van der Waals surface area contributed by atoms with Gasteiger partial charge in [0.15, 0.2) is 0 Å². The van der Waals surface area contributed by atoms with Crippen molar-refractivity contribution in [2.24, 2.45) is 0 Å². The van der Waals surface area contributed by atoms with E-state index in [1.807, 2.05) is 0 Å². The molecule has 1 amide bonds. The fourth-order valence-corrected chi connectivity index (χ4v) is 5.78. The molecule has 2 fully saturated rings. The van der Waals surface area contributed by atoms with E-state index in [0.717, 1.165) is 58.4 Å². The molecule has 0 atom stereocenters. The summed E-state index contributed by atoms with van der Waals surface area (Å²) in [6.45, 7) is 6.77. The maximum atomic E-state index is 12.9. The van der Waals surface area contributed by atoms with Crippen LogP contribution in [0.15, 0.2) is 23.1 Å². The summed E-state index contributed by atoms with van der Waals surface area (Å²) in [4.78, 5) is 17.3. The van der Waals surface area contributed by atoms with Gasteiger partial charge in [0, 0.05) is 51.4 Å². The van der Waals surface area contributed by atoms with Crippen molar-refractivity contribution in [2.45, 2.75) is 30.6 Å². The smallest absolute Gasteiger partial charge is 0.251 e. The second kappa shape index (κ2) is 10.2. The van der Waals surface area contributed by atoms with Crippen LogP contribution in [-0.2, 0) is 10.0 Å². The largest absolute Gasteiger partial charge is 0.352 e. The van der Waals surface area contributed by atoms with Crippen LogP contribution >= 0.6 is 11.6 Å². The summed E-state index contributed by atoms with van der Waals surface area (Å²) < 4.78 is 27.4. The van der Waals surface area contributed by atoms with Gasteiger partial charge in [0.25, 0.3) is 5.91 Å². The minimum atomic E-state index is -3.68. The van der Waals surface area contributed by atoms with E-state index in [2.05, 4.69) is 22.2 Å². The highest BCUT2D eigenvalue weighted by Gasteiger charge is 2.28. The second-order valence-corrected chi connectivity index (χ2v) is 10.2. The standard InChI is InChI=1S/C20H31ClN4O3S/c1-23-12-14-24(15-13-23)9-5-8-22-20(26)17-6-7-18(21)19(16-17)29(27,28)25-10-3-2-4-11-25/h6-7,16H,2-5,8-15H2,1H3,(H,22,26). The molecule has 7 nitrogen and oxygen atoms in total. The second-order valence-electron chi connectivity index (χ2n) is 7.86. The zero-order chi connectivity index (χ0) is 20.9. The number of nitrogens with one attached hydrogen (secondary N) is 1. The number of nitrogens with zero attached hydrogens (tertiary/aromatic N) is 3. The molecule has 2 aliphatic rings. The Balaban J connectivity index is 1.56. The number of piperazine rings is 1. The van der Waals surface area contributed by atoms with Crippen LogP contribution in [0.3, 0.4) is 0 Å². The Labute approximate surface area is 179 Å². The Morgan fingerprint density at radius 1 is 1.07 bits per heavy atom. The van der Waals surface area contributed by atoms with E-state index >= 15 is 0 Å². The van der Waals surface area contributed by atoms with Crippen LogP contribution in [0.1, 0.15) is 36.0 Å². The number of halogens is 1. The topological polar surface area (TPSA) is 73.0 Å². The number of carbonyl (C=O) groups excluding carboxylic acids is 1. The van der Waals surface area contributed by atoms with Crippen molar-refractivity contribution in [1.82, 2.24) is 19.4 Å². The van der Waals surface area contributed by atoms with Gasteiger partial charge in [0.1, 0.15) is 4.90 Å². The summed E-state index contributed by atoms with van der Waals surface area (Å²) in [5.74, 6) is -0.268. The highest BCUT2D eigenvalue weighted by Crippen LogP contribution is 2.27. The van der Waals surface area contributed by atoms with Crippen molar-refractivity contribution in [1.29, 1.82) is 0 Å². The molecule has 9 heteroatoms. The quantitative estimate of drug-likeness (QED) is 0.653. The summed E-state index contributed by atoms with van der Waals surface area (Å²) in [6.07, 6.45) is 3.60. The third-order valence-electron chi connectivity index (χ3n) is 5.66. The molecule has 162 valence electrons. The lowest BCUT2D eigenvalue weighted by Gasteiger charge is -2.32. The number of benzene rings is 1. The Bertz CT molecular complexity index is 804. The highest BCUT2D eigenvalue weighted by atomic mass is 35.5. The van der Waals surface area contributed by atoms with Gasteiger partial charge in [-0.15, -0.1) is 0 Å². The van der Waals surface area contributed by atoms with E-state index < -0.39 is 10.0 Å². The zero-order valence-electron chi connectivity index (χ0n) is 17.1. The predicted octanol–water partition coefficient (Wildman–Crippen LogP) is 1.88. The van der Waals surface area contributed by atoms with Crippen LogP contribution in [0.4, 0.5) is 0 Å². The number of hydrogen-bond acceptors (Lipinski definition) is 5. The van der Waals surface area contributed by atoms with E-state index in [4.69, 9.17) is 11.6 Å². The first kappa shape index (κ1) is 22.5. The predicted molar refractivity (Wildman–Crippen MR) is 115 cm³/mol. The number of rotatable bonds is 7. The van der Waals surface area contributed by atoms with Crippen molar-refractivity contribution in [3.05, 3.63) is 28.8 Å². The van der Waals surface area contributed by atoms with Crippen LogP contribution in [0.2, 0.25) is 5.02 Å². The fourth-order valence-electron chi connectivity index (χ4n) is 3.76. The van der Waals surface area contributed by atoms with Gasteiger partial charge in [-0.3, -0.25) is 4.79 Å². The first-order chi connectivity index (χ1) is 13.9. The Kier molecular flexibility index (Phi) is 7.92. The highest BCUT2D eigenvalue weighted by molar-refractivity contribution is 7.89. The minimum absolute atomic E-state index is 0.0196. The average Bonchev–Trinajstić information content (AvgIpc) is 2.73. The summed E-state index contributed by atoms with van der Waals surface area (Å²) >= 11 is 6.18. The molecule has 2 heterocycles. The van der Waals surface area contributed by atoms with Gasteiger partial charge in [0.2, 0.25) is 10.0 Å². The normalized spacial score (nSPS) is 19.9. The third kappa shape index (κ3) is 5.92. The Hall–Kier alpha value is -1.19. The molecule has 0 radical (unpaired) electrons. The molecular formula is C20H31ClN4O3S. The van der Waals surface area contributed by atoms with Gasteiger partial charge in [-0.2, -0.15) is 4.31 Å². The first-order valence-electron chi connectivity index (χ1n) is 10.4. The number of hydrogen-bond donors (Lipinski definition) is 1. The molecule has 0 spiro atoms. The van der Waals surface area contributed by atoms with Gasteiger partial charge in [-0.1, -0.05) is 18.0 Å². The monoisotopic (exact) mass is 442 g/mol. The van der Waals surface area contributed by atoms with Crippen LogP contribution in [0.5, 0.6) is 0 Å². The van der Waals surface area contributed by atoms with Crippen molar-refractivity contribution in [3.8, 4) is 0 Å². The molecule has 1 aromatic rings. The van der Waals surface area contributed by atoms with Crippen molar-refractivity contribution < 1.29 is 13.2 Å². The van der Waals surface area contributed by atoms with Crippen LogP contribution < -0.4 is 5.32 Å². The molecule has 1 aromatic carbocycles. The summed E-state index contributed by atoms with van der Waals surface area (Å²) in [6, 6.07) is 4.48. The molecule has 2 saturated heterocycles. The van der Waals surface area contributed by atoms with E-state index in [1.165, 1.54) is 16.4 Å². The van der Waals surface area contributed by atoms with Crippen LogP contribution in [0, 0.1) is 0 Å². The van der Waals surface area contributed by atoms with E-state index in [0.29, 0.717) is 25.2 Å². The molecule has 3 rings (SSSR count). The number of amides is 1. The Morgan fingerprint density at radius 3 is 2.45 bits per heavy atom. The number of likely N-dealkylation sites (N-methyl/N-ethyl adjacent to an activating group) is 1. The lowest BCUT2D eigenvalue weighted by Crippen LogP contribution is -2.45. The molecule has 2 aliphatic heterocycles. The molecule has 0 unspecified atom stereocenters. The molecule has 29 heavy (non-hydrogen) atoms. The molecule has 0 aliphatic carbocycles.